The van der Waals surface area contributed by atoms with Gasteiger partial charge in [0.05, 0.1) is 6.10 Å². The normalized spacial score (nSPS) is 12.4. The fraction of sp³-hybridized carbons (Fsp3) is 0.310. The minimum Gasteiger partial charge on any atom is -0.357 e. The van der Waals surface area contributed by atoms with Gasteiger partial charge in [0.2, 0.25) is 0 Å². The van der Waals surface area contributed by atoms with E-state index in [1.165, 1.54) is 25.7 Å². The standard InChI is InChI=1S/C29H34O/c1-3-5-6-16-24-28(17-4-2)30-29(25-18-10-7-11-19-25,26-20-12-8-13-21-26)27-22-14-9-15-23-27/h4,7-15,18-23,28H,2-3,5-6,16-17,24H2,1H3. The highest BCUT2D eigenvalue weighted by molar-refractivity contribution is 5.47. The maximum atomic E-state index is 7.15. The summed E-state index contributed by atoms with van der Waals surface area (Å²) in [6, 6.07) is 31.9. The van der Waals surface area contributed by atoms with Crippen LogP contribution in [0.3, 0.4) is 0 Å². The van der Waals surface area contributed by atoms with Gasteiger partial charge in [0, 0.05) is 0 Å². The number of ether oxygens (including phenoxy) is 1. The first-order valence-corrected chi connectivity index (χ1v) is 11.3. The third-order valence-corrected chi connectivity index (χ3v) is 5.69. The van der Waals surface area contributed by atoms with E-state index in [2.05, 4.69) is 104 Å². The summed E-state index contributed by atoms with van der Waals surface area (Å²) in [6.45, 7) is 6.27. The second kappa shape index (κ2) is 11.5. The van der Waals surface area contributed by atoms with Gasteiger partial charge >= 0.3 is 0 Å². The first-order valence-electron chi connectivity index (χ1n) is 11.3. The maximum Gasteiger partial charge on any atom is 0.144 e. The highest BCUT2D eigenvalue weighted by atomic mass is 16.5. The summed E-state index contributed by atoms with van der Waals surface area (Å²) in [5, 5.41) is 0. The molecule has 0 bridgehead atoms. The van der Waals surface area contributed by atoms with Crippen LogP contribution in [0.15, 0.2) is 104 Å². The van der Waals surface area contributed by atoms with Gasteiger partial charge in [-0.25, -0.2) is 0 Å². The van der Waals surface area contributed by atoms with Crippen LogP contribution in [-0.2, 0) is 10.3 Å². The SMILES string of the molecule is C=CCC(CCCCCC)OC(c1ccccc1)(c1ccccc1)c1ccccc1. The van der Waals surface area contributed by atoms with Crippen molar-refractivity contribution in [3.05, 3.63) is 120 Å². The lowest BCUT2D eigenvalue weighted by Gasteiger charge is -2.39. The molecule has 3 aromatic rings. The summed E-state index contributed by atoms with van der Waals surface area (Å²) >= 11 is 0. The van der Waals surface area contributed by atoms with Crippen LogP contribution in [0, 0.1) is 0 Å². The van der Waals surface area contributed by atoms with Crippen molar-refractivity contribution in [1.29, 1.82) is 0 Å². The fourth-order valence-corrected chi connectivity index (χ4v) is 4.18. The lowest BCUT2D eigenvalue weighted by atomic mass is 9.79. The van der Waals surface area contributed by atoms with E-state index < -0.39 is 5.60 Å². The Labute approximate surface area is 182 Å². The Morgan fingerprint density at radius 3 is 1.60 bits per heavy atom. The summed E-state index contributed by atoms with van der Waals surface area (Å²) in [5.74, 6) is 0. The number of hydrogen-bond acceptors (Lipinski definition) is 1. The van der Waals surface area contributed by atoms with Crippen LogP contribution >= 0.6 is 0 Å². The molecule has 0 saturated carbocycles. The molecule has 0 heterocycles. The Balaban J connectivity index is 2.09. The Morgan fingerprint density at radius 1 is 0.733 bits per heavy atom. The quantitative estimate of drug-likeness (QED) is 0.171. The topological polar surface area (TPSA) is 9.23 Å². The number of hydrogen-bond donors (Lipinski definition) is 0. The van der Waals surface area contributed by atoms with Gasteiger partial charge in [0.1, 0.15) is 5.60 Å². The first kappa shape index (κ1) is 22.1. The Hall–Kier alpha value is -2.64. The molecule has 0 aliphatic carbocycles. The molecule has 156 valence electrons. The van der Waals surface area contributed by atoms with Crippen molar-refractivity contribution in [2.75, 3.05) is 0 Å². The Morgan fingerprint density at radius 2 is 1.20 bits per heavy atom. The zero-order chi connectivity index (χ0) is 21.1. The van der Waals surface area contributed by atoms with Crippen LogP contribution in [0.25, 0.3) is 0 Å². The van der Waals surface area contributed by atoms with E-state index in [1.807, 2.05) is 6.08 Å². The average molecular weight is 399 g/mol. The third kappa shape index (κ3) is 5.29. The molecule has 3 aromatic carbocycles. The number of unbranched alkanes of at least 4 members (excludes halogenated alkanes) is 3. The Kier molecular flexibility index (Phi) is 8.47. The molecule has 0 saturated heterocycles. The van der Waals surface area contributed by atoms with E-state index in [-0.39, 0.29) is 6.10 Å². The molecule has 30 heavy (non-hydrogen) atoms. The lowest BCUT2D eigenvalue weighted by molar-refractivity contribution is -0.0502. The average Bonchev–Trinajstić information content (AvgIpc) is 2.82. The van der Waals surface area contributed by atoms with Crippen molar-refractivity contribution in [2.45, 2.75) is 57.2 Å². The van der Waals surface area contributed by atoms with Crippen molar-refractivity contribution in [1.82, 2.24) is 0 Å². The zero-order valence-corrected chi connectivity index (χ0v) is 18.2. The molecule has 1 heteroatoms. The largest absolute Gasteiger partial charge is 0.357 e. The molecule has 0 fully saturated rings. The van der Waals surface area contributed by atoms with Crippen LogP contribution in [0.2, 0.25) is 0 Å². The van der Waals surface area contributed by atoms with Gasteiger partial charge in [0.15, 0.2) is 0 Å². The van der Waals surface area contributed by atoms with Crippen molar-refractivity contribution >= 4 is 0 Å². The summed E-state index contributed by atoms with van der Waals surface area (Å²) in [7, 11) is 0. The summed E-state index contributed by atoms with van der Waals surface area (Å²) in [6.07, 6.45) is 8.96. The second-order valence-electron chi connectivity index (χ2n) is 7.89. The van der Waals surface area contributed by atoms with E-state index in [0.29, 0.717) is 0 Å². The minimum atomic E-state index is -0.651. The highest BCUT2D eigenvalue weighted by Gasteiger charge is 2.39. The molecule has 0 aliphatic heterocycles. The fourth-order valence-electron chi connectivity index (χ4n) is 4.18. The smallest absolute Gasteiger partial charge is 0.144 e. The molecule has 0 aliphatic rings. The summed E-state index contributed by atoms with van der Waals surface area (Å²) in [5.41, 5.74) is 2.82. The lowest BCUT2D eigenvalue weighted by Crippen LogP contribution is -2.37. The molecule has 1 atom stereocenters. The summed E-state index contributed by atoms with van der Waals surface area (Å²) in [4.78, 5) is 0. The predicted octanol–water partition coefficient (Wildman–Crippen LogP) is 7.91. The van der Waals surface area contributed by atoms with Crippen LogP contribution in [-0.4, -0.2) is 6.10 Å². The Bertz CT molecular complexity index is 758. The molecular formula is C29H34O. The highest BCUT2D eigenvalue weighted by Crippen LogP contribution is 2.42. The van der Waals surface area contributed by atoms with Crippen molar-refractivity contribution in [3.8, 4) is 0 Å². The van der Waals surface area contributed by atoms with Gasteiger partial charge in [-0.05, 0) is 29.5 Å². The van der Waals surface area contributed by atoms with Gasteiger partial charge in [-0.1, -0.05) is 130 Å². The molecule has 0 spiro atoms. The number of rotatable bonds is 12. The molecule has 1 nitrogen and oxygen atoms in total. The van der Waals surface area contributed by atoms with Gasteiger partial charge in [-0.3, -0.25) is 0 Å². The minimum absolute atomic E-state index is 0.111. The van der Waals surface area contributed by atoms with E-state index >= 15 is 0 Å². The van der Waals surface area contributed by atoms with E-state index in [1.54, 1.807) is 0 Å². The molecular weight excluding hydrogens is 364 g/mol. The van der Waals surface area contributed by atoms with E-state index in [4.69, 9.17) is 4.74 Å². The van der Waals surface area contributed by atoms with Crippen LogP contribution < -0.4 is 0 Å². The second-order valence-corrected chi connectivity index (χ2v) is 7.89. The van der Waals surface area contributed by atoms with Crippen LogP contribution in [0.1, 0.15) is 62.1 Å². The molecule has 0 N–H and O–H groups in total. The van der Waals surface area contributed by atoms with Gasteiger partial charge in [-0.15, -0.1) is 6.58 Å². The van der Waals surface area contributed by atoms with Crippen molar-refractivity contribution in [2.24, 2.45) is 0 Å². The van der Waals surface area contributed by atoms with E-state index in [9.17, 15) is 0 Å². The zero-order valence-electron chi connectivity index (χ0n) is 18.2. The number of benzene rings is 3. The third-order valence-electron chi connectivity index (χ3n) is 5.69. The molecule has 1 unspecified atom stereocenters. The molecule has 0 amide bonds. The molecule has 0 radical (unpaired) electrons. The van der Waals surface area contributed by atoms with E-state index in [0.717, 1.165) is 29.5 Å². The predicted molar refractivity (Wildman–Crippen MR) is 128 cm³/mol. The molecule has 0 aromatic heterocycles. The monoisotopic (exact) mass is 398 g/mol. The van der Waals surface area contributed by atoms with Crippen LogP contribution in [0.4, 0.5) is 0 Å². The first-order chi connectivity index (χ1) is 14.8. The van der Waals surface area contributed by atoms with Gasteiger partial charge < -0.3 is 4.74 Å². The van der Waals surface area contributed by atoms with Gasteiger partial charge in [-0.2, -0.15) is 0 Å². The van der Waals surface area contributed by atoms with Gasteiger partial charge in [0.25, 0.3) is 0 Å². The van der Waals surface area contributed by atoms with Crippen LogP contribution in [0.5, 0.6) is 0 Å². The van der Waals surface area contributed by atoms with Crippen molar-refractivity contribution in [3.63, 3.8) is 0 Å². The molecule has 3 rings (SSSR count). The van der Waals surface area contributed by atoms with Crippen molar-refractivity contribution < 1.29 is 4.74 Å². The maximum absolute atomic E-state index is 7.15. The summed E-state index contributed by atoms with van der Waals surface area (Å²) < 4.78 is 7.15.